The second-order valence-electron chi connectivity index (χ2n) is 6.82. The molecular weight excluding hydrogens is 430 g/mol. The van der Waals surface area contributed by atoms with Gasteiger partial charge in [-0.3, -0.25) is 9.59 Å². The van der Waals surface area contributed by atoms with E-state index >= 15 is 0 Å². The Hall–Kier alpha value is -2.83. The molecule has 0 saturated carbocycles. The molecule has 0 bridgehead atoms. The molecule has 12 heteroatoms. The zero-order valence-corrected chi connectivity index (χ0v) is 17.6. The SMILES string of the molecule is CCc1ccc(S(=O)(=O)N2CCN(c3nc4cn[nH]c(=O)c4s3)C[C@@H]2C(=O)O)cc1. The Bertz CT molecular complexity index is 1250. The van der Waals surface area contributed by atoms with E-state index in [0.717, 1.165) is 27.6 Å². The third-order valence-electron chi connectivity index (χ3n) is 5.03. The van der Waals surface area contributed by atoms with Gasteiger partial charge in [0.25, 0.3) is 5.56 Å². The third-order valence-corrected chi connectivity index (χ3v) is 8.08. The molecule has 0 unspecified atom stereocenters. The first kappa shape index (κ1) is 20.4. The maximum absolute atomic E-state index is 13.1. The monoisotopic (exact) mass is 449 g/mol. The number of fused-ring (bicyclic) bond motifs is 1. The predicted octanol–water partition coefficient (Wildman–Crippen LogP) is 0.906. The largest absolute Gasteiger partial charge is 0.480 e. The van der Waals surface area contributed by atoms with Crippen molar-refractivity contribution < 1.29 is 18.3 Å². The van der Waals surface area contributed by atoms with Gasteiger partial charge in [0.15, 0.2) is 5.13 Å². The highest BCUT2D eigenvalue weighted by Gasteiger charge is 2.41. The number of carboxylic acid groups (broad SMARTS) is 1. The summed E-state index contributed by atoms with van der Waals surface area (Å²) in [4.78, 5) is 29.9. The number of sulfonamides is 1. The van der Waals surface area contributed by atoms with E-state index in [0.29, 0.717) is 15.3 Å². The number of aryl methyl sites for hydroxylation is 1. The number of aromatic amines is 1. The summed E-state index contributed by atoms with van der Waals surface area (Å²) in [6.45, 7) is 2.13. The van der Waals surface area contributed by atoms with E-state index in [2.05, 4.69) is 15.2 Å². The molecule has 10 nitrogen and oxygen atoms in total. The number of hydrogen-bond acceptors (Lipinski definition) is 8. The Morgan fingerprint density at radius 2 is 2.03 bits per heavy atom. The maximum Gasteiger partial charge on any atom is 0.323 e. The van der Waals surface area contributed by atoms with Crippen LogP contribution in [0.25, 0.3) is 10.2 Å². The Kier molecular flexibility index (Phi) is 5.30. The van der Waals surface area contributed by atoms with Gasteiger partial charge in [-0.05, 0) is 24.1 Å². The first-order valence-electron chi connectivity index (χ1n) is 9.24. The summed E-state index contributed by atoms with van der Waals surface area (Å²) in [6.07, 6.45) is 2.20. The van der Waals surface area contributed by atoms with Gasteiger partial charge in [-0.15, -0.1) is 0 Å². The van der Waals surface area contributed by atoms with Gasteiger partial charge in [-0.1, -0.05) is 30.4 Å². The van der Waals surface area contributed by atoms with Crippen molar-refractivity contribution in [3.63, 3.8) is 0 Å². The van der Waals surface area contributed by atoms with Gasteiger partial charge >= 0.3 is 5.97 Å². The van der Waals surface area contributed by atoms with E-state index < -0.39 is 22.0 Å². The third kappa shape index (κ3) is 3.57. The molecule has 4 rings (SSSR count). The van der Waals surface area contributed by atoms with Gasteiger partial charge in [0.2, 0.25) is 10.0 Å². The molecule has 158 valence electrons. The highest BCUT2D eigenvalue weighted by molar-refractivity contribution is 7.89. The molecule has 30 heavy (non-hydrogen) atoms. The fourth-order valence-electron chi connectivity index (χ4n) is 3.37. The Balaban J connectivity index is 1.63. The molecule has 3 aromatic rings. The number of carbonyl (C=O) groups is 1. The second kappa shape index (κ2) is 7.78. The minimum Gasteiger partial charge on any atom is -0.480 e. The van der Waals surface area contributed by atoms with Gasteiger partial charge in [-0.25, -0.2) is 18.5 Å². The molecule has 0 aliphatic carbocycles. The van der Waals surface area contributed by atoms with Gasteiger partial charge < -0.3 is 10.0 Å². The number of rotatable bonds is 5. The molecule has 2 aromatic heterocycles. The minimum absolute atomic E-state index is 0.0145. The Morgan fingerprint density at radius 1 is 1.30 bits per heavy atom. The number of hydrogen-bond donors (Lipinski definition) is 2. The van der Waals surface area contributed by atoms with Crippen LogP contribution in [0.1, 0.15) is 12.5 Å². The average molecular weight is 450 g/mol. The number of nitrogens with zero attached hydrogens (tertiary/aromatic N) is 4. The summed E-state index contributed by atoms with van der Waals surface area (Å²) in [7, 11) is -3.97. The Morgan fingerprint density at radius 3 is 2.67 bits per heavy atom. The number of thiazole rings is 1. The van der Waals surface area contributed by atoms with Crippen molar-refractivity contribution in [2.75, 3.05) is 24.5 Å². The zero-order chi connectivity index (χ0) is 21.5. The van der Waals surface area contributed by atoms with Crippen molar-refractivity contribution in [3.05, 3.63) is 46.4 Å². The van der Waals surface area contributed by atoms with Crippen LogP contribution in [0.3, 0.4) is 0 Å². The van der Waals surface area contributed by atoms with Crippen LogP contribution in [0.4, 0.5) is 5.13 Å². The first-order chi connectivity index (χ1) is 14.3. The second-order valence-corrected chi connectivity index (χ2v) is 9.69. The van der Waals surface area contributed by atoms with Crippen molar-refractivity contribution in [2.45, 2.75) is 24.3 Å². The Labute approximate surface area is 175 Å². The van der Waals surface area contributed by atoms with E-state index in [1.807, 2.05) is 6.92 Å². The van der Waals surface area contributed by atoms with Crippen LogP contribution >= 0.6 is 11.3 Å². The molecule has 1 saturated heterocycles. The predicted molar refractivity (Wildman–Crippen MR) is 111 cm³/mol. The number of anilines is 1. The topological polar surface area (TPSA) is 137 Å². The van der Waals surface area contributed by atoms with E-state index in [1.165, 1.54) is 18.3 Å². The van der Waals surface area contributed by atoms with E-state index in [-0.39, 0.29) is 30.1 Å². The van der Waals surface area contributed by atoms with Gasteiger partial charge in [0.1, 0.15) is 16.3 Å². The van der Waals surface area contributed by atoms with Gasteiger partial charge in [0.05, 0.1) is 11.1 Å². The zero-order valence-electron chi connectivity index (χ0n) is 16.0. The molecule has 1 atom stereocenters. The molecule has 0 spiro atoms. The lowest BCUT2D eigenvalue weighted by Crippen LogP contribution is -2.58. The first-order valence-corrected chi connectivity index (χ1v) is 11.5. The maximum atomic E-state index is 13.1. The van der Waals surface area contributed by atoms with E-state index in [9.17, 15) is 23.1 Å². The fraction of sp³-hybridized carbons (Fsp3) is 0.333. The van der Waals surface area contributed by atoms with Gasteiger partial charge in [-0.2, -0.15) is 9.40 Å². The summed E-state index contributed by atoms with van der Waals surface area (Å²) in [5.41, 5.74) is 1.04. The van der Waals surface area contributed by atoms with Crippen LogP contribution in [-0.4, -0.2) is 64.7 Å². The van der Waals surface area contributed by atoms with Gasteiger partial charge in [0, 0.05) is 19.6 Å². The fourth-order valence-corrected chi connectivity index (χ4v) is 5.90. The molecule has 0 amide bonds. The van der Waals surface area contributed by atoms with E-state index in [1.54, 1.807) is 17.0 Å². The number of carboxylic acids is 1. The molecule has 1 aliphatic heterocycles. The van der Waals surface area contributed by atoms with Crippen LogP contribution in [-0.2, 0) is 21.2 Å². The summed E-state index contributed by atoms with van der Waals surface area (Å²) in [5, 5.41) is 16.2. The van der Waals surface area contributed by atoms with Crippen LogP contribution in [0.15, 0.2) is 40.2 Å². The number of nitrogens with one attached hydrogen (secondary N) is 1. The van der Waals surface area contributed by atoms with Crippen molar-refractivity contribution in [1.82, 2.24) is 19.5 Å². The highest BCUT2D eigenvalue weighted by atomic mass is 32.2. The molecule has 3 heterocycles. The highest BCUT2D eigenvalue weighted by Crippen LogP contribution is 2.29. The smallest absolute Gasteiger partial charge is 0.323 e. The average Bonchev–Trinajstić information content (AvgIpc) is 3.19. The summed E-state index contributed by atoms with van der Waals surface area (Å²) < 4.78 is 27.6. The number of aliphatic carboxylic acids is 1. The minimum atomic E-state index is -3.97. The molecular formula is C18H19N5O5S2. The lowest BCUT2D eigenvalue weighted by molar-refractivity contribution is -0.141. The normalized spacial score (nSPS) is 18.0. The molecule has 1 aromatic carbocycles. The summed E-state index contributed by atoms with van der Waals surface area (Å²) in [5.74, 6) is -1.24. The number of piperazine rings is 1. The van der Waals surface area contributed by atoms with Crippen molar-refractivity contribution in [1.29, 1.82) is 0 Å². The van der Waals surface area contributed by atoms with Crippen LogP contribution < -0.4 is 10.5 Å². The quantitative estimate of drug-likeness (QED) is 0.586. The molecule has 2 N–H and O–H groups in total. The lowest BCUT2D eigenvalue weighted by atomic mass is 10.2. The molecule has 0 radical (unpaired) electrons. The number of aromatic nitrogens is 3. The standard InChI is InChI=1S/C18H19N5O5S2/c1-2-11-3-5-12(6-4-11)30(27,28)23-8-7-22(10-14(23)17(25)26)18-20-13-9-19-21-16(24)15(13)29-18/h3-6,9,14H,2,7-8,10H2,1H3,(H,21,24)(H,25,26)/t14-/m1/s1. The molecule has 1 fully saturated rings. The van der Waals surface area contributed by atoms with Crippen LogP contribution in [0.5, 0.6) is 0 Å². The van der Waals surface area contributed by atoms with E-state index in [4.69, 9.17) is 0 Å². The summed E-state index contributed by atoms with van der Waals surface area (Å²) in [6, 6.07) is 5.19. The van der Waals surface area contributed by atoms with Crippen molar-refractivity contribution >= 4 is 42.7 Å². The molecule has 1 aliphatic rings. The van der Waals surface area contributed by atoms with Crippen LogP contribution in [0, 0.1) is 0 Å². The van der Waals surface area contributed by atoms with Crippen LogP contribution in [0.2, 0.25) is 0 Å². The number of benzene rings is 1. The number of H-pyrrole nitrogens is 1. The lowest BCUT2D eigenvalue weighted by Gasteiger charge is -2.38. The summed E-state index contributed by atoms with van der Waals surface area (Å²) >= 11 is 1.12. The van der Waals surface area contributed by atoms with Crippen molar-refractivity contribution in [2.24, 2.45) is 0 Å². The van der Waals surface area contributed by atoms with Crippen molar-refractivity contribution in [3.8, 4) is 0 Å².